The minimum Gasteiger partial charge on any atom is -0.495 e. The standard InChI is InChI=1S/C17H16N4O2S/c1-22-16-5-3-2-4-15(16)20-17(24)21-19-12-13-6-8-14(9-7-13)23-11-10-18/h2-9,12H,11H2,1H3,(H2,20,21,24)/b19-12-. The molecule has 0 aliphatic rings. The van der Waals surface area contributed by atoms with E-state index in [0.29, 0.717) is 16.6 Å². The second-order valence-corrected chi connectivity index (χ2v) is 4.95. The number of thiocarbonyl (C=S) groups is 1. The van der Waals surface area contributed by atoms with Crippen molar-refractivity contribution in [2.45, 2.75) is 0 Å². The molecule has 24 heavy (non-hydrogen) atoms. The Morgan fingerprint density at radius 3 is 2.71 bits per heavy atom. The number of nitrogens with one attached hydrogen (secondary N) is 2. The number of hydrazone groups is 1. The molecular weight excluding hydrogens is 324 g/mol. The molecule has 0 saturated carbocycles. The van der Waals surface area contributed by atoms with Crippen molar-refractivity contribution in [3.8, 4) is 17.6 Å². The summed E-state index contributed by atoms with van der Waals surface area (Å²) in [5.74, 6) is 1.33. The van der Waals surface area contributed by atoms with Crippen molar-refractivity contribution in [2.24, 2.45) is 5.10 Å². The number of anilines is 1. The van der Waals surface area contributed by atoms with E-state index in [-0.39, 0.29) is 6.61 Å². The number of ether oxygens (including phenoxy) is 2. The summed E-state index contributed by atoms with van der Waals surface area (Å²) in [4.78, 5) is 0. The highest BCUT2D eigenvalue weighted by atomic mass is 32.1. The normalized spacial score (nSPS) is 10.0. The molecule has 0 radical (unpaired) electrons. The van der Waals surface area contributed by atoms with Crippen LogP contribution >= 0.6 is 12.2 Å². The van der Waals surface area contributed by atoms with Gasteiger partial charge in [0.2, 0.25) is 0 Å². The van der Waals surface area contributed by atoms with Crippen LogP contribution in [0.2, 0.25) is 0 Å². The van der Waals surface area contributed by atoms with Gasteiger partial charge in [-0.15, -0.1) is 0 Å². The molecule has 0 aliphatic carbocycles. The zero-order valence-corrected chi connectivity index (χ0v) is 13.8. The summed E-state index contributed by atoms with van der Waals surface area (Å²) in [6.45, 7) is 0.0257. The predicted molar refractivity (Wildman–Crippen MR) is 97.5 cm³/mol. The summed E-state index contributed by atoms with van der Waals surface area (Å²) in [7, 11) is 1.60. The maximum Gasteiger partial charge on any atom is 0.191 e. The topological polar surface area (TPSA) is 78.7 Å². The van der Waals surface area contributed by atoms with Gasteiger partial charge in [-0.25, -0.2) is 0 Å². The molecule has 0 aliphatic heterocycles. The van der Waals surface area contributed by atoms with Crippen LogP contribution in [0.25, 0.3) is 0 Å². The van der Waals surface area contributed by atoms with Crippen LogP contribution < -0.4 is 20.2 Å². The van der Waals surface area contributed by atoms with Crippen LogP contribution in [0, 0.1) is 11.3 Å². The van der Waals surface area contributed by atoms with Gasteiger partial charge in [0.15, 0.2) is 11.7 Å². The van der Waals surface area contributed by atoms with Crippen LogP contribution in [-0.4, -0.2) is 25.0 Å². The number of methoxy groups -OCH3 is 1. The van der Waals surface area contributed by atoms with Gasteiger partial charge in [-0.1, -0.05) is 12.1 Å². The van der Waals surface area contributed by atoms with E-state index in [0.717, 1.165) is 11.3 Å². The molecule has 7 heteroatoms. The van der Waals surface area contributed by atoms with Gasteiger partial charge >= 0.3 is 0 Å². The number of hydrogen-bond donors (Lipinski definition) is 2. The Kier molecular flexibility index (Phi) is 6.56. The first-order valence-electron chi connectivity index (χ1n) is 7.06. The highest BCUT2D eigenvalue weighted by molar-refractivity contribution is 7.80. The number of nitriles is 1. The number of nitrogens with zero attached hydrogens (tertiary/aromatic N) is 2. The largest absolute Gasteiger partial charge is 0.495 e. The molecule has 0 heterocycles. The van der Waals surface area contributed by atoms with E-state index in [4.69, 9.17) is 27.0 Å². The molecule has 2 aromatic rings. The van der Waals surface area contributed by atoms with Crippen molar-refractivity contribution < 1.29 is 9.47 Å². The van der Waals surface area contributed by atoms with Crippen molar-refractivity contribution >= 4 is 29.2 Å². The summed E-state index contributed by atoms with van der Waals surface area (Å²) in [5, 5.41) is 15.9. The van der Waals surface area contributed by atoms with Crippen LogP contribution in [0.4, 0.5) is 5.69 Å². The van der Waals surface area contributed by atoms with Crippen LogP contribution in [0.15, 0.2) is 53.6 Å². The van der Waals surface area contributed by atoms with E-state index in [9.17, 15) is 0 Å². The Morgan fingerprint density at radius 1 is 1.25 bits per heavy atom. The molecule has 0 amide bonds. The monoisotopic (exact) mass is 340 g/mol. The van der Waals surface area contributed by atoms with Crippen LogP contribution in [0.5, 0.6) is 11.5 Å². The second-order valence-electron chi connectivity index (χ2n) is 4.54. The van der Waals surface area contributed by atoms with Gasteiger partial charge < -0.3 is 14.8 Å². The summed E-state index contributed by atoms with van der Waals surface area (Å²) in [6.07, 6.45) is 1.63. The number of benzene rings is 2. The molecule has 0 bridgehead atoms. The first-order valence-corrected chi connectivity index (χ1v) is 7.46. The molecule has 6 nitrogen and oxygen atoms in total. The minimum absolute atomic E-state index is 0.0257. The SMILES string of the molecule is COc1ccccc1NC(=S)N/N=C\c1ccc(OCC#N)cc1. The molecule has 2 aromatic carbocycles. The molecular formula is C17H16N4O2S. The lowest BCUT2D eigenvalue weighted by Crippen LogP contribution is -2.24. The van der Waals surface area contributed by atoms with Gasteiger partial charge in [-0.05, 0) is 54.2 Å². The average molecular weight is 340 g/mol. The highest BCUT2D eigenvalue weighted by Crippen LogP contribution is 2.22. The van der Waals surface area contributed by atoms with Gasteiger partial charge in [0.1, 0.15) is 17.6 Å². The summed E-state index contributed by atoms with van der Waals surface area (Å²) in [6, 6.07) is 16.6. The maximum atomic E-state index is 8.46. The van der Waals surface area contributed by atoms with Crippen LogP contribution in [-0.2, 0) is 0 Å². The highest BCUT2D eigenvalue weighted by Gasteiger charge is 2.02. The molecule has 0 atom stereocenters. The van der Waals surface area contributed by atoms with Crippen molar-refractivity contribution in [1.82, 2.24) is 5.43 Å². The fourth-order valence-electron chi connectivity index (χ4n) is 1.83. The Balaban J connectivity index is 1.87. The van der Waals surface area contributed by atoms with E-state index in [1.165, 1.54) is 0 Å². The molecule has 0 unspecified atom stereocenters. The lowest BCUT2D eigenvalue weighted by atomic mass is 10.2. The molecule has 0 spiro atoms. The molecule has 2 N–H and O–H groups in total. The first-order chi connectivity index (χ1) is 11.7. The summed E-state index contributed by atoms with van der Waals surface area (Å²) in [5.41, 5.74) is 4.36. The lowest BCUT2D eigenvalue weighted by Gasteiger charge is -2.10. The smallest absolute Gasteiger partial charge is 0.191 e. The van der Waals surface area contributed by atoms with Crippen molar-refractivity contribution in [1.29, 1.82) is 5.26 Å². The van der Waals surface area contributed by atoms with Crippen molar-refractivity contribution in [2.75, 3.05) is 19.0 Å². The summed E-state index contributed by atoms with van der Waals surface area (Å²) < 4.78 is 10.4. The Labute approximate surface area is 145 Å². The number of para-hydroxylation sites is 2. The Morgan fingerprint density at radius 2 is 2.00 bits per heavy atom. The van der Waals surface area contributed by atoms with Gasteiger partial charge in [0.05, 0.1) is 19.0 Å². The Bertz CT molecular complexity index is 754. The molecule has 2 rings (SSSR count). The zero-order chi connectivity index (χ0) is 17.2. The third-order valence-corrected chi connectivity index (χ3v) is 3.11. The van der Waals surface area contributed by atoms with Gasteiger partial charge in [0, 0.05) is 0 Å². The van der Waals surface area contributed by atoms with E-state index < -0.39 is 0 Å². The summed E-state index contributed by atoms with van der Waals surface area (Å²) >= 11 is 5.19. The number of hydrogen-bond acceptors (Lipinski definition) is 5. The fraction of sp³-hybridized carbons (Fsp3) is 0.118. The maximum absolute atomic E-state index is 8.46. The van der Waals surface area contributed by atoms with Gasteiger partial charge in [0.25, 0.3) is 0 Å². The third kappa shape index (κ3) is 5.26. The van der Waals surface area contributed by atoms with E-state index in [2.05, 4.69) is 15.8 Å². The predicted octanol–water partition coefficient (Wildman–Crippen LogP) is 2.92. The molecule has 0 saturated heterocycles. The van der Waals surface area contributed by atoms with Crippen LogP contribution in [0.1, 0.15) is 5.56 Å². The molecule has 122 valence electrons. The second kappa shape index (κ2) is 9.12. The average Bonchev–Trinajstić information content (AvgIpc) is 2.61. The quantitative estimate of drug-likeness (QED) is 0.478. The van der Waals surface area contributed by atoms with E-state index in [1.54, 1.807) is 25.5 Å². The Hall–Kier alpha value is -3.11. The number of rotatable bonds is 6. The minimum atomic E-state index is 0.0257. The van der Waals surface area contributed by atoms with E-state index in [1.807, 2.05) is 42.5 Å². The molecule has 0 fully saturated rings. The van der Waals surface area contributed by atoms with Crippen LogP contribution in [0.3, 0.4) is 0 Å². The van der Waals surface area contributed by atoms with Crippen molar-refractivity contribution in [3.63, 3.8) is 0 Å². The first kappa shape index (κ1) is 17.2. The lowest BCUT2D eigenvalue weighted by molar-refractivity contribution is 0.368. The fourth-order valence-corrected chi connectivity index (χ4v) is 1.99. The van der Waals surface area contributed by atoms with Gasteiger partial charge in [-0.2, -0.15) is 10.4 Å². The van der Waals surface area contributed by atoms with Crippen molar-refractivity contribution in [3.05, 3.63) is 54.1 Å². The zero-order valence-electron chi connectivity index (χ0n) is 13.0. The molecule has 0 aromatic heterocycles. The van der Waals surface area contributed by atoms with Gasteiger partial charge in [-0.3, -0.25) is 5.43 Å². The third-order valence-electron chi connectivity index (χ3n) is 2.92. The van der Waals surface area contributed by atoms with E-state index >= 15 is 0 Å².